The van der Waals surface area contributed by atoms with Crippen molar-refractivity contribution in [3.63, 3.8) is 0 Å². The second kappa shape index (κ2) is 7.32. The van der Waals surface area contributed by atoms with Crippen LogP contribution in [-0.2, 0) is 0 Å². The van der Waals surface area contributed by atoms with Gasteiger partial charge < -0.3 is 0 Å². The predicted octanol–water partition coefficient (Wildman–Crippen LogP) is 2.80. The Morgan fingerprint density at radius 1 is 1.25 bits per heavy atom. The first-order chi connectivity index (χ1) is 9.83. The standard InChI is InChI=1S/C14H13N5S/c15-8-4-5-12(9-16)10-20-14-17-11-19(18-14)13-6-2-1-3-7-13/h1-3,6-7,11-12H,4-5,10H2/t12-/m0/s1. The predicted molar refractivity (Wildman–Crippen MR) is 76.0 cm³/mol. The maximum Gasteiger partial charge on any atom is 0.208 e. The van der Waals surface area contributed by atoms with Gasteiger partial charge in [-0.3, -0.25) is 0 Å². The summed E-state index contributed by atoms with van der Waals surface area (Å²) in [6.07, 6.45) is 2.67. The molecular formula is C14H13N5S. The molecule has 0 spiro atoms. The van der Waals surface area contributed by atoms with Gasteiger partial charge in [0.2, 0.25) is 5.16 Å². The third-order valence-electron chi connectivity index (χ3n) is 2.69. The van der Waals surface area contributed by atoms with E-state index in [4.69, 9.17) is 10.5 Å². The van der Waals surface area contributed by atoms with Crippen molar-refractivity contribution in [1.82, 2.24) is 14.8 Å². The van der Waals surface area contributed by atoms with Crippen LogP contribution in [0.3, 0.4) is 0 Å². The summed E-state index contributed by atoms with van der Waals surface area (Å²) in [4.78, 5) is 4.22. The Morgan fingerprint density at radius 3 is 2.75 bits per heavy atom. The Balaban J connectivity index is 1.94. The van der Waals surface area contributed by atoms with Gasteiger partial charge in [-0.15, -0.1) is 5.10 Å². The lowest BCUT2D eigenvalue weighted by atomic mass is 10.1. The molecule has 0 aliphatic rings. The summed E-state index contributed by atoms with van der Waals surface area (Å²) in [5.74, 6) is 0.472. The zero-order chi connectivity index (χ0) is 14.2. The number of thioether (sulfide) groups is 1. The summed E-state index contributed by atoms with van der Waals surface area (Å²) < 4.78 is 1.71. The van der Waals surface area contributed by atoms with Crippen LogP contribution in [0.2, 0.25) is 0 Å². The molecule has 0 aliphatic heterocycles. The van der Waals surface area contributed by atoms with Crippen LogP contribution in [0.25, 0.3) is 5.69 Å². The van der Waals surface area contributed by atoms with Gasteiger partial charge in [0.1, 0.15) is 6.33 Å². The molecule has 100 valence electrons. The maximum atomic E-state index is 9.00. The number of nitriles is 2. The first-order valence-corrected chi connectivity index (χ1v) is 7.18. The van der Waals surface area contributed by atoms with E-state index in [0.29, 0.717) is 23.8 Å². The number of para-hydroxylation sites is 1. The van der Waals surface area contributed by atoms with Gasteiger partial charge in [0.15, 0.2) is 0 Å². The molecule has 1 aromatic carbocycles. The lowest BCUT2D eigenvalue weighted by molar-refractivity contribution is 0.684. The largest absolute Gasteiger partial charge is 0.220 e. The van der Waals surface area contributed by atoms with Gasteiger partial charge in [-0.2, -0.15) is 10.5 Å². The molecule has 0 saturated heterocycles. The smallest absolute Gasteiger partial charge is 0.208 e. The number of rotatable bonds is 6. The number of hydrogen-bond acceptors (Lipinski definition) is 5. The minimum Gasteiger partial charge on any atom is -0.220 e. The monoisotopic (exact) mass is 283 g/mol. The lowest BCUT2D eigenvalue weighted by Crippen LogP contribution is -2.00. The van der Waals surface area contributed by atoms with Crippen molar-refractivity contribution in [1.29, 1.82) is 10.5 Å². The first-order valence-electron chi connectivity index (χ1n) is 6.20. The van der Waals surface area contributed by atoms with Gasteiger partial charge in [-0.25, -0.2) is 9.67 Å². The van der Waals surface area contributed by atoms with Crippen LogP contribution in [0.4, 0.5) is 0 Å². The molecule has 20 heavy (non-hydrogen) atoms. The number of benzene rings is 1. The normalized spacial score (nSPS) is 11.5. The highest BCUT2D eigenvalue weighted by Crippen LogP contribution is 2.19. The summed E-state index contributed by atoms with van der Waals surface area (Å²) in [5.41, 5.74) is 0.952. The van der Waals surface area contributed by atoms with Crippen LogP contribution < -0.4 is 0 Å². The molecule has 1 heterocycles. The van der Waals surface area contributed by atoms with Crippen LogP contribution >= 0.6 is 11.8 Å². The number of nitrogens with zero attached hydrogens (tertiary/aromatic N) is 5. The number of aromatic nitrogens is 3. The topological polar surface area (TPSA) is 78.3 Å². The van der Waals surface area contributed by atoms with Crippen molar-refractivity contribution in [3.8, 4) is 17.8 Å². The summed E-state index contributed by atoms with van der Waals surface area (Å²) in [6, 6.07) is 14.0. The first kappa shape index (κ1) is 14.1. The lowest BCUT2D eigenvalue weighted by Gasteiger charge is -2.03. The van der Waals surface area contributed by atoms with Crippen LogP contribution in [0.15, 0.2) is 41.8 Å². The molecule has 0 amide bonds. The molecule has 2 rings (SSSR count). The van der Waals surface area contributed by atoms with Crippen LogP contribution in [0, 0.1) is 28.6 Å². The van der Waals surface area contributed by atoms with E-state index in [2.05, 4.69) is 22.2 Å². The fourth-order valence-electron chi connectivity index (χ4n) is 1.62. The Bertz CT molecular complexity index is 623. The molecule has 0 fully saturated rings. The third-order valence-corrected chi connectivity index (χ3v) is 3.71. The van der Waals surface area contributed by atoms with Crippen molar-refractivity contribution < 1.29 is 0 Å². The van der Waals surface area contributed by atoms with E-state index >= 15 is 0 Å². The van der Waals surface area contributed by atoms with E-state index in [0.717, 1.165) is 5.69 Å². The molecule has 5 nitrogen and oxygen atoms in total. The van der Waals surface area contributed by atoms with Gasteiger partial charge in [0.05, 0.1) is 23.7 Å². The number of hydrogen-bond donors (Lipinski definition) is 0. The minimum absolute atomic E-state index is 0.136. The van der Waals surface area contributed by atoms with E-state index < -0.39 is 0 Å². The van der Waals surface area contributed by atoms with Crippen molar-refractivity contribution >= 4 is 11.8 Å². The molecule has 0 bridgehead atoms. The van der Waals surface area contributed by atoms with Crippen molar-refractivity contribution in [2.75, 3.05) is 5.75 Å². The van der Waals surface area contributed by atoms with Crippen molar-refractivity contribution in [3.05, 3.63) is 36.7 Å². The Morgan fingerprint density at radius 2 is 2.05 bits per heavy atom. The molecule has 2 aromatic rings. The third kappa shape index (κ3) is 3.84. The zero-order valence-corrected chi connectivity index (χ0v) is 11.6. The zero-order valence-electron chi connectivity index (χ0n) is 10.8. The van der Waals surface area contributed by atoms with E-state index in [9.17, 15) is 0 Å². The van der Waals surface area contributed by atoms with Crippen LogP contribution in [0.1, 0.15) is 12.8 Å². The molecule has 0 saturated carbocycles. The highest BCUT2D eigenvalue weighted by atomic mass is 32.2. The highest BCUT2D eigenvalue weighted by Gasteiger charge is 2.10. The van der Waals surface area contributed by atoms with E-state index in [-0.39, 0.29) is 5.92 Å². The van der Waals surface area contributed by atoms with Crippen molar-refractivity contribution in [2.24, 2.45) is 5.92 Å². The Labute approximate surface area is 121 Å². The fourth-order valence-corrected chi connectivity index (χ4v) is 2.48. The molecule has 1 aromatic heterocycles. The fraction of sp³-hybridized carbons (Fsp3) is 0.286. The molecule has 0 unspecified atom stereocenters. The molecular weight excluding hydrogens is 270 g/mol. The van der Waals surface area contributed by atoms with Crippen molar-refractivity contribution in [2.45, 2.75) is 18.0 Å². The van der Waals surface area contributed by atoms with Crippen LogP contribution in [0.5, 0.6) is 0 Å². The van der Waals surface area contributed by atoms with Gasteiger partial charge >= 0.3 is 0 Å². The summed E-state index contributed by atoms with van der Waals surface area (Å²) in [7, 11) is 0. The second-order valence-corrected chi connectivity index (χ2v) is 5.13. The molecule has 0 N–H and O–H groups in total. The average Bonchev–Trinajstić information content (AvgIpc) is 2.97. The average molecular weight is 283 g/mol. The SMILES string of the molecule is N#CCC[C@@H](C#N)CSc1ncn(-c2ccccc2)n1. The minimum atomic E-state index is -0.136. The summed E-state index contributed by atoms with van der Waals surface area (Å²) in [5, 5.41) is 22.5. The van der Waals surface area contributed by atoms with Gasteiger partial charge in [-0.05, 0) is 18.6 Å². The summed E-state index contributed by atoms with van der Waals surface area (Å²) in [6.45, 7) is 0. The maximum absolute atomic E-state index is 9.00. The second-order valence-electron chi connectivity index (χ2n) is 4.14. The van der Waals surface area contributed by atoms with Gasteiger partial charge in [0, 0.05) is 12.2 Å². The van der Waals surface area contributed by atoms with E-state index in [1.165, 1.54) is 11.8 Å². The van der Waals surface area contributed by atoms with Gasteiger partial charge in [-0.1, -0.05) is 30.0 Å². The van der Waals surface area contributed by atoms with E-state index in [1.807, 2.05) is 30.3 Å². The summed E-state index contributed by atoms with van der Waals surface area (Å²) >= 11 is 1.44. The molecule has 6 heteroatoms. The Hall–Kier alpha value is -2.31. The molecule has 1 atom stereocenters. The highest BCUT2D eigenvalue weighted by molar-refractivity contribution is 7.99. The van der Waals surface area contributed by atoms with Crippen LogP contribution in [-0.4, -0.2) is 20.5 Å². The molecule has 0 aliphatic carbocycles. The molecule has 0 radical (unpaired) electrons. The quantitative estimate of drug-likeness (QED) is 0.762. The van der Waals surface area contributed by atoms with E-state index in [1.54, 1.807) is 11.0 Å². The van der Waals surface area contributed by atoms with Gasteiger partial charge in [0.25, 0.3) is 0 Å². The Kier molecular flexibility index (Phi) is 5.16.